The molecule has 4 unspecified atom stereocenters. The van der Waals surface area contributed by atoms with Gasteiger partial charge in [0, 0.05) is 34.0 Å². The Bertz CT molecular complexity index is 1350. The van der Waals surface area contributed by atoms with E-state index in [1.165, 1.54) is 38.5 Å². The van der Waals surface area contributed by atoms with Gasteiger partial charge in [0.2, 0.25) is 0 Å². The molecule has 0 aliphatic carbocycles. The van der Waals surface area contributed by atoms with Crippen LogP contribution in [-0.2, 0) is 19.1 Å². The Labute approximate surface area is 205 Å². The van der Waals surface area contributed by atoms with Crippen LogP contribution in [0.4, 0.5) is 8.78 Å². The van der Waals surface area contributed by atoms with Crippen LogP contribution in [0.25, 0.3) is 21.9 Å². The van der Waals surface area contributed by atoms with Crippen molar-refractivity contribution in [1.82, 2.24) is 0 Å². The molecule has 0 bridgehead atoms. The van der Waals surface area contributed by atoms with Gasteiger partial charge in [0.15, 0.2) is 0 Å². The van der Waals surface area contributed by atoms with Crippen LogP contribution in [0.1, 0.15) is 48.3 Å². The topological polar surface area (TPSA) is 131 Å². The first-order chi connectivity index (χ1) is 17.0. The lowest BCUT2D eigenvalue weighted by Crippen LogP contribution is -2.35. The van der Waals surface area contributed by atoms with Gasteiger partial charge >= 0.3 is 11.9 Å². The summed E-state index contributed by atoms with van der Waals surface area (Å²) < 4.78 is 50.4. The summed E-state index contributed by atoms with van der Waals surface area (Å²) >= 11 is 0. The molecule has 2 aromatic carbocycles. The highest BCUT2D eigenvalue weighted by atomic mass is 19.1. The molecule has 0 radical (unpaired) electrons. The molecule has 2 heterocycles. The molecule has 8 nitrogen and oxygen atoms in total. The molecular formula is C26H26F2N2O6. The minimum absolute atomic E-state index is 0.163. The van der Waals surface area contributed by atoms with Crippen LogP contribution in [0.3, 0.4) is 0 Å². The van der Waals surface area contributed by atoms with Crippen molar-refractivity contribution < 1.29 is 36.7 Å². The SMILES string of the molecule is Cc1coc2c(C(OC(=O)C(=O)OC(c3cc(F)cc4c(C)coc34)C(C)N)C(C)N)cc(F)cc12. The molecule has 0 fully saturated rings. The molecule has 4 aromatic rings. The fourth-order valence-corrected chi connectivity index (χ4v) is 4.16. The maximum absolute atomic E-state index is 14.3. The van der Waals surface area contributed by atoms with E-state index in [-0.39, 0.29) is 22.3 Å². The third-order valence-corrected chi connectivity index (χ3v) is 5.92. The second-order valence-electron chi connectivity index (χ2n) is 8.95. The van der Waals surface area contributed by atoms with Gasteiger partial charge in [-0.2, -0.15) is 0 Å². The van der Waals surface area contributed by atoms with Gasteiger partial charge in [-0.05, 0) is 63.1 Å². The number of halogens is 2. The van der Waals surface area contributed by atoms with Crippen LogP contribution in [0.2, 0.25) is 0 Å². The normalized spacial score (nSPS) is 15.0. The highest BCUT2D eigenvalue weighted by Gasteiger charge is 2.33. The number of hydrogen-bond acceptors (Lipinski definition) is 8. The van der Waals surface area contributed by atoms with E-state index in [1.54, 1.807) is 13.8 Å². The van der Waals surface area contributed by atoms with Gasteiger partial charge in [0.25, 0.3) is 0 Å². The Morgan fingerprint density at radius 1 is 0.750 bits per heavy atom. The number of ether oxygens (including phenoxy) is 2. The van der Waals surface area contributed by atoms with Crippen LogP contribution in [0.15, 0.2) is 45.6 Å². The second kappa shape index (κ2) is 9.71. The van der Waals surface area contributed by atoms with Crippen molar-refractivity contribution in [2.75, 3.05) is 0 Å². The van der Waals surface area contributed by atoms with E-state index in [2.05, 4.69) is 0 Å². The third-order valence-electron chi connectivity index (χ3n) is 5.92. The molecule has 0 aliphatic rings. The van der Waals surface area contributed by atoms with Crippen molar-refractivity contribution in [3.8, 4) is 0 Å². The zero-order valence-corrected chi connectivity index (χ0v) is 20.1. The molecule has 4 rings (SSSR count). The quantitative estimate of drug-likeness (QED) is 0.289. The zero-order chi connectivity index (χ0) is 26.3. The van der Waals surface area contributed by atoms with Crippen molar-refractivity contribution in [2.45, 2.75) is 52.0 Å². The van der Waals surface area contributed by atoms with Gasteiger partial charge < -0.3 is 29.8 Å². The van der Waals surface area contributed by atoms with Gasteiger partial charge in [0.05, 0.1) is 12.5 Å². The summed E-state index contributed by atoms with van der Waals surface area (Å²) in [6.07, 6.45) is 0.420. The second-order valence-corrected chi connectivity index (χ2v) is 8.95. The molecular weight excluding hydrogens is 474 g/mol. The number of fused-ring (bicyclic) bond motifs is 2. The van der Waals surface area contributed by atoms with E-state index in [0.29, 0.717) is 21.9 Å². The van der Waals surface area contributed by atoms with E-state index in [0.717, 1.165) is 12.1 Å². The summed E-state index contributed by atoms with van der Waals surface area (Å²) in [7, 11) is 0. The molecule has 10 heteroatoms. The van der Waals surface area contributed by atoms with Gasteiger partial charge in [-0.25, -0.2) is 18.4 Å². The van der Waals surface area contributed by atoms with Crippen molar-refractivity contribution >= 4 is 33.9 Å². The van der Waals surface area contributed by atoms with Crippen LogP contribution >= 0.6 is 0 Å². The van der Waals surface area contributed by atoms with Crippen molar-refractivity contribution in [1.29, 1.82) is 0 Å². The van der Waals surface area contributed by atoms with E-state index in [1.807, 2.05) is 0 Å². The predicted octanol–water partition coefficient (Wildman–Crippen LogP) is 4.64. The van der Waals surface area contributed by atoms with E-state index >= 15 is 0 Å². The minimum atomic E-state index is -1.38. The Hall–Kier alpha value is -3.76. The average Bonchev–Trinajstić information content (AvgIpc) is 3.36. The highest BCUT2D eigenvalue weighted by Crippen LogP contribution is 2.34. The summed E-state index contributed by atoms with van der Waals surface area (Å²) in [6.45, 7) is 6.53. The lowest BCUT2D eigenvalue weighted by Gasteiger charge is -2.24. The number of rotatable bonds is 6. The van der Waals surface area contributed by atoms with E-state index < -0.39 is 47.9 Å². The highest BCUT2D eigenvalue weighted by molar-refractivity contribution is 6.29. The molecule has 190 valence electrons. The number of carbonyl (C=O) groups is 2. The molecule has 0 saturated carbocycles. The Balaban J connectivity index is 1.62. The fraction of sp³-hybridized carbons (Fsp3) is 0.308. The minimum Gasteiger partial charge on any atom is -0.464 e. The molecule has 36 heavy (non-hydrogen) atoms. The molecule has 4 N–H and O–H groups in total. The first-order valence-corrected chi connectivity index (χ1v) is 11.2. The standard InChI is InChI=1S/C26H26F2N2O6/c1-11-9-33-23-17(11)5-15(27)7-19(23)21(13(3)29)35-25(31)26(32)36-22(14(4)30)20-8-16(28)6-18-12(2)10-34-24(18)20/h5-10,13-14,21-22H,29-30H2,1-4H3. The third kappa shape index (κ3) is 4.69. The Kier molecular flexibility index (Phi) is 6.83. The van der Waals surface area contributed by atoms with Gasteiger partial charge in [0.1, 0.15) is 35.0 Å². The lowest BCUT2D eigenvalue weighted by atomic mass is 10.00. The van der Waals surface area contributed by atoms with Crippen molar-refractivity contribution in [3.05, 3.63) is 70.7 Å². The smallest absolute Gasteiger partial charge is 0.418 e. The fourth-order valence-electron chi connectivity index (χ4n) is 4.16. The van der Waals surface area contributed by atoms with E-state index in [9.17, 15) is 18.4 Å². The molecule has 0 amide bonds. The van der Waals surface area contributed by atoms with Crippen LogP contribution in [0.5, 0.6) is 0 Å². The number of benzene rings is 2. The monoisotopic (exact) mass is 500 g/mol. The van der Waals surface area contributed by atoms with Crippen LogP contribution in [0, 0.1) is 25.5 Å². The first kappa shape index (κ1) is 25.3. The lowest BCUT2D eigenvalue weighted by molar-refractivity contribution is -0.175. The first-order valence-electron chi connectivity index (χ1n) is 11.2. The van der Waals surface area contributed by atoms with Gasteiger partial charge in [-0.1, -0.05) is 0 Å². The van der Waals surface area contributed by atoms with Crippen molar-refractivity contribution in [2.24, 2.45) is 11.5 Å². The summed E-state index contributed by atoms with van der Waals surface area (Å²) in [4.78, 5) is 25.5. The maximum Gasteiger partial charge on any atom is 0.418 e. The maximum atomic E-state index is 14.3. The summed E-state index contributed by atoms with van der Waals surface area (Å²) in [6, 6.07) is 3.16. The number of aryl methyl sites for hydroxylation is 2. The van der Waals surface area contributed by atoms with E-state index in [4.69, 9.17) is 29.8 Å². The van der Waals surface area contributed by atoms with Crippen molar-refractivity contribution in [3.63, 3.8) is 0 Å². The number of nitrogens with two attached hydrogens (primary N) is 2. The molecule has 0 saturated heterocycles. The average molecular weight is 500 g/mol. The van der Waals surface area contributed by atoms with Crippen LogP contribution in [-0.4, -0.2) is 24.0 Å². The summed E-state index contributed by atoms with van der Waals surface area (Å²) in [5, 5.41) is 0.963. The zero-order valence-electron chi connectivity index (χ0n) is 20.1. The number of carbonyl (C=O) groups excluding carboxylic acids is 2. The number of esters is 2. The predicted molar refractivity (Wildman–Crippen MR) is 127 cm³/mol. The van der Waals surface area contributed by atoms with Gasteiger partial charge in [-0.15, -0.1) is 0 Å². The summed E-state index contributed by atoms with van der Waals surface area (Å²) in [5.74, 6) is -3.95. The molecule has 4 atom stereocenters. The van der Waals surface area contributed by atoms with Gasteiger partial charge in [-0.3, -0.25) is 0 Å². The molecule has 0 aliphatic heterocycles. The number of hydrogen-bond donors (Lipinski definition) is 2. The molecule has 0 spiro atoms. The molecule has 2 aromatic heterocycles. The Morgan fingerprint density at radius 3 is 1.44 bits per heavy atom. The summed E-state index contributed by atoms with van der Waals surface area (Å²) in [5.41, 5.74) is 14.3. The Morgan fingerprint density at radius 2 is 1.11 bits per heavy atom. The largest absolute Gasteiger partial charge is 0.464 e. The number of furan rings is 2. The van der Waals surface area contributed by atoms with Crippen LogP contribution < -0.4 is 11.5 Å².